The summed E-state index contributed by atoms with van der Waals surface area (Å²) in [7, 11) is 0. The van der Waals surface area contributed by atoms with E-state index in [-0.39, 0.29) is 6.04 Å². The summed E-state index contributed by atoms with van der Waals surface area (Å²) in [5.41, 5.74) is 5.75. The molecule has 3 N–H and O–H groups in total. The van der Waals surface area contributed by atoms with Crippen molar-refractivity contribution >= 4 is 31.9 Å². The van der Waals surface area contributed by atoms with Crippen LogP contribution in [0.5, 0.6) is 0 Å². The van der Waals surface area contributed by atoms with Crippen molar-refractivity contribution in [3.8, 4) is 0 Å². The van der Waals surface area contributed by atoms with Crippen LogP contribution in [0.25, 0.3) is 0 Å². The first kappa shape index (κ1) is 13.5. The Morgan fingerprint density at radius 1 is 1.53 bits per heavy atom. The van der Waals surface area contributed by atoms with Crippen molar-refractivity contribution in [3.63, 3.8) is 0 Å². The molecule has 1 aliphatic rings. The molecule has 0 spiro atoms. The zero-order chi connectivity index (χ0) is 12.3. The monoisotopic (exact) mass is 366 g/mol. The smallest absolute Gasteiger partial charge is 0.183 e. The number of hydrogen-bond acceptors (Lipinski definition) is 4. The first-order valence-electron chi connectivity index (χ1n) is 5.70. The van der Waals surface area contributed by atoms with Gasteiger partial charge in [0.1, 0.15) is 5.76 Å². The zero-order valence-electron chi connectivity index (χ0n) is 9.42. The Bertz CT molecular complexity index is 345. The standard InChI is InChI=1S/C11H16Br2N2O2/c12-8-4-10(17-11(8)13)9(5-14)15-6-7-2-1-3-16-7/h4,7,9,15H,1-3,5-6,14H2. The third-order valence-electron chi connectivity index (χ3n) is 2.86. The van der Waals surface area contributed by atoms with E-state index in [1.165, 1.54) is 0 Å². The average Bonchev–Trinajstić information content (AvgIpc) is 2.91. The number of halogens is 2. The fourth-order valence-corrected chi connectivity index (χ4v) is 2.52. The molecule has 2 unspecified atom stereocenters. The third-order valence-corrected chi connectivity index (χ3v) is 4.57. The van der Waals surface area contributed by atoms with Gasteiger partial charge in [0, 0.05) is 19.7 Å². The van der Waals surface area contributed by atoms with Crippen LogP contribution in [0.4, 0.5) is 0 Å². The molecule has 0 radical (unpaired) electrons. The number of furan rings is 1. The van der Waals surface area contributed by atoms with Gasteiger partial charge in [0.25, 0.3) is 0 Å². The Balaban J connectivity index is 1.91. The van der Waals surface area contributed by atoms with Crippen molar-refractivity contribution in [1.82, 2.24) is 5.32 Å². The highest BCUT2D eigenvalue weighted by molar-refractivity contribution is 9.13. The Labute approximate surface area is 118 Å². The van der Waals surface area contributed by atoms with E-state index >= 15 is 0 Å². The van der Waals surface area contributed by atoms with Crippen molar-refractivity contribution in [3.05, 3.63) is 21.0 Å². The van der Waals surface area contributed by atoms with Gasteiger partial charge < -0.3 is 20.2 Å². The largest absolute Gasteiger partial charge is 0.451 e. The summed E-state index contributed by atoms with van der Waals surface area (Å²) >= 11 is 6.72. The molecule has 17 heavy (non-hydrogen) atoms. The van der Waals surface area contributed by atoms with Crippen LogP contribution in [0.1, 0.15) is 24.6 Å². The molecule has 1 aliphatic heterocycles. The Morgan fingerprint density at radius 2 is 2.35 bits per heavy atom. The first-order valence-corrected chi connectivity index (χ1v) is 7.29. The number of rotatable bonds is 5. The molecular weight excluding hydrogens is 352 g/mol. The lowest BCUT2D eigenvalue weighted by atomic mass is 10.2. The molecular formula is C11H16Br2N2O2. The fraction of sp³-hybridized carbons (Fsp3) is 0.636. The van der Waals surface area contributed by atoms with Gasteiger partial charge in [0.05, 0.1) is 16.6 Å². The van der Waals surface area contributed by atoms with E-state index < -0.39 is 0 Å². The number of nitrogens with two attached hydrogens (primary N) is 1. The molecule has 0 aromatic carbocycles. The molecule has 1 aromatic rings. The molecule has 1 saturated heterocycles. The Hall–Kier alpha value is 0.120. The van der Waals surface area contributed by atoms with Gasteiger partial charge >= 0.3 is 0 Å². The van der Waals surface area contributed by atoms with E-state index in [0.717, 1.165) is 36.2 Å². The van der Waals surface area contributed by atoms with Gasteiger partial charge in [-0.2, -0.15) is 0 Å². The van der Waals surface area contributed by atoms with Gasteiger partial charge in [0.15, 0.2) is 4.67 Å². The SMILES string of the molecule is NCC(NCC1CCCO1)c1cc(Br)c(Br)o1. The van der Waals surface area contributed by atoms with Crippen molar-refractivity contribution in [2.75, 3.05) is 19.7 Å². The quantitative estimate of drug-likeness (QED) is 0.839. The van der Waals surface area contributed by atoms with Gasteiger partial charge in [-0.05, 0) is 50.8 Å². The highest BCUT2D eigenvalue weighted by atomic mass is 79.9. The number of hydrogen-bond donors (Lipinski definition) is 2. The minimum Gasteiger partial charge on any atom is -0.451 e. The molecule has 2 rings (SSSR count). The van der Waals surface area contributed by atoms with Crippen LogP contribution in [-0.4, -0.2) is 25.8 Å². The lowest BCUT2D eigenvalue weighted by Crippen LogP contribution is -2.33. The summed E-state index contributed by atoms with van der Waals surface area (Å²) in [5, 5.41) is 3.38. The molecule has 0 aliphatic carbocycles. The summed E-state index contributed by atoms with van der Waals surface area (Å²) in [4.78, 5) is 0. The van der Waals surface area contributed by atoms with Crippen LogP contribution in [0, 0.1) is 0 Å². The maximum absolute atomic E-state index is 5.75. The van der Waals surface area contributed by atoms with E-state index in [1.807, 2.05) is 6.07 Å². The molecule has 96 valence electrons. The Kier molecular flexibility index (Phi) is 5.05. The molecule has 1 aromatic heterocycles. The summed E-state index contributed by atoms with van der Waals surface area (Å²) in [6, 6.07) is 1.96. The van der Waals surface area contributed by atoms with E-state index in [0.29, 0.717) is 17.3 Å². The maximum Gasteiger partial charge on any atom is 0.183 e. The maximum atomic E-state index is 5.75. The molecule has 6 heteroatoms. The Morgan fingerprint density at radius 3 is 2.88 bits per heavy atom. The van der Waals surface area contributed by atoms with Crippen LogP contribution in [0.2, 0.25) is 0 Å². The predicted molar refractivity (Wildman–Crippen MR) is 72.9 cm³/mol. The molecule has 0 amide bonds. The lowest BCUT2D eigenvalue weighted by molar-refractivity contribution is 0.107. The second-order valence-corrected chi connectivity index (χ2v) is 5.68. The van der Waals surface area contributed by atoms with Crippen molar-refractivity contribution in [2.24, 2.45) is 5.73 Å². The second kappa shape index (κ2) is 6.33. The molecule has 1 fully saturated rings. The highest BCUT2D eigenvalue weighted by Gasteiger charge is 2.20. The van der Waals surface area contributed by atoms with Gasteiger partial charge in [-0.1, -0.05) is 0 Å². The molecule has 2 atom stereocenters. The lowest BCUT2D eigenvalue weighted by Gasteiger charge is -2.17. The van der Waals surface area contributed by atoms with Crippen molar-refractivity contribution in [1.29, 1.82) is 0 Å². The van der Waals surface area contributed by atoms with Gasteiger partial charge in [-0.25, -0.2) is 0 Å². The zero-order valence-corrected chi connectivity index (χ0v) is 12.6. The minimum absolute atomic E-state index is 0.0294. The topological polar surface area (TPSA) is 60.4 Å². The van der Waals surface area contributed by atoms with E-state index in [9.17, 15) is 0 Å². The number of nitrogens with one attached hydrogen (secondary N) is 1. The van der Waals surface area contributed by atoms with Crippen LogP contribution in [0.3, 0.4) is 0 Å². The molecule has 0 saturated carbocycles. The van der Waals surface area contributed by atoms with Crippen molar-refractivity contribution < 1.29 is 9.15 Å². The summed E-state index contributed by atoms with van der Waals surface area (Å²) < 4.78 is 12.7. The fourth-order valence-electron chi connectivity index (χ4n) is 1.91. The average molecular weight is 368 g/mol. The van der Waals surface area contributed by atoms with Crippen LogP contribution < -0.4 is 11.1 Å². The molecule has 4 nitrogen and oxygen atoms in total. The summed E-state index contributed by atoms with van der Waals surface area (Å²) in [5.74, 6) is 0.837. The number of ether oxygens (including phenoxy) is 1. The molecule has 0 bridgehead atoms. The van der Waals surface area contributed by atoms with E-state index in [4.69, 9.17) is 14.9 Å². The first-order chi connectivity index (χ1) is 8.20. The highest BCUT2D eigenvalue weighted by Crippen LogP contribution is 2.29. The van der Waals surface area contributed by atoms with Crippen LogP contribution >= 0.6 is 31.9 Å². The summed E-state index contributed by atoms with van der Waals surface area (Å²) in [6.45, 7) is 2.19. The van der Waals surface area contributed by atoms with Crippen LogP contribution in [0.15, 0.2) is 19.6 Å². The summed E-state index contributed by atoms with van der Waals surface area (Å²) in [6.07, 6.45) is 2.58. The van der Waals surface area contributed by atoms with E-state index in [1.54, 1.807) is 0 Å². The van der Waals surface area contributed by atoms with Gasteiger partial charge in [-0.15, -0.1) is 0 Å². The third kappa shape index (κ3) is 3.54. The minimum atomic E-state index is 0.0294. The predicted octanol–water partition coefficient (Wildman–Crippen LogP) is 2.57. The van der Waals surface area contributed by atoms with Gasteiger partial charge in [-0.3, -0.25) is 0 Å². The van der Waals surface area contributed by atoms with Crippen molar-refractivity contribution in [2.45, 2.75) is 25.0 Å². The normalized spacial score (nSPS) is 21.9. The van der Waals surface area contributed by atoms with Gasteiger partial charge in [0.2, 0.25) is 0 Å². The molecule has 2 heterocycles. The second-order valence-electron chi connectivity index (χ2n) is 4.10. The van der Waals surface area contributed by atoms with Crippen LogP contribution in [-0.2, 0) is 4.74 Å². The van der Waals surface area contributed by atoms with E-state index in [2.05, 4.69) is 37.2 Å².